The van der Waals surface area contributed by atoms with E-state index in [1.165, 1.54) is 10.6 Å². The van der Waals surface area contributed by atoms with Crippen LogP contribution in [0.2, 0.25) is 5.02 Å². The fraction of sp³-hybridized carbons (Fsp3) is 0.526. The zero-order valence-corrected chi connectivity index (χ0v) is 17.8. The number of nitrogens with one attached hydrogen (secondary N) is 1. The van der Waals surface area contributed by atoms with Gasteiger partial charge in [-0.15, -0.1) is 14.5 Å². The van der Waals surface area contributed by atoms with Crippen molar-refractivity contribution in [3.63, 3.8) is 0 Å². The highest BCUT2D eigenvalue weighted by molar-refractivity contribution is 7.94. The lowest BCUT2D eigenvalue weighted by Gasteiger charge is -2.32. The van der Waals surface area contributed by atoms with Crippen molar-refractivity contribution < 1.29 is 13.6 Å². The molecule has 4 rings (SSSR count). The van der Waals surface area contributed by atoms with Gasteiger partial charge in [0.25, 0.3) is 0 Å². The van der Waals surface area contributed by atoms with Gasteiger partial charge in [-0.1, -0.05) is 34.0 Å². The van der Waals surface area contributed by atoms with Crippen molar-refractivity contribution in [2.45, 2.75) is 44.2 Å². The van der Waals surface area contributed by atoms with E-state index in [4.69, 9.17) is 11.6 Å². The van der Waals surface area contributed by atoms with Crippen LogP contribution in [0.3, 0.4) is 0 Å². The maximum absolute atomic E-state index is 12.9. The Morgan fingerprint density at radius 2 is 2.00 bits per heavy atom. The predicted molar refractivity (Wildman–Crippen MR) is 109 cm³/mol. The molecule has 8 nitrogen and oxygen atoms in total. The molecule has 1 aromatic heterocycles. The van der Waals surface area contributed by atoms with Gasteiger partial charge in [-0.25, -0.2) is 0 Å². The number of fused-ring (bicyclic) bond motifs is 1. The third-order valence-corrected chi connectivity index (χ3v) is 7.42. The maximum atomic E-state index is 12.9. The van der Waals surface area contributed by atoms with Gasteiger partial charge in [0, 0.05) is 37.0 Å². The summed E-state index contributed by atoms with van der Waals surface area (Å²) < 4.78 is 27.0. The number of aromatic nitrogens is 3. The summed E-state index contributed by atoms with van der Waals surface area (Å²) in [5.41, 5.74) is 0.873. The number of carbonyl (C=O) groups is 1. The third kappa shape index (κ3) is 4.23. The number of halogens is 1. The van der Waals surface area contributed by atoms with Crippen LogP contribution in [0.5, 0.6) is 0 Å². The van der Waals surface area contributed by atoms with Crippen LogP contribution < -0.4 is 5.32 Å². The Bertz CT molecular complexity index is 951. The zero-order chi connectivity index (χ0) is 20.6. The molecule has 1 aromatic carbocycles. The first kappa shape index (κ1) is 20.5. The van der Waals surface area contributed by atoms with Crippen LogP contribution in [0.1, 0.15) is 48.4 Å². The highest BCUT2D eigenvalue weighted by Crippen LogP contribution is 2.34. The van der Waals surface area contributed by atoms with Crippen LogP contribution in [-0.2, 0) is 32.4 Å². The van der Waals surface area contributed by atoms with Crippen molar-refractivity contribution in [2.24, 2.45) is 0 Å². The van der Waals surface area contributed by atoms with E-state index in [0.717, 1.165) is 17.2 Å². The van der Waals surface area contributed by atoms with E-state index < -0.39 is 10.4 Å². The molecule has 2 aliphatic rings. The van der Waals surface area contributed by atoms with E-state index in [9.17, 15) is 13.6 Å². The number of amides is 1. The van der Waals surface area contributed by atoms with Gasteiger partial charge in [0.1, 0.15) is 34.3 Å². The molecule has 0 bridgehead atoms. The molecule has 2 atom stereocenters. The second kappa shape index (κ2) is 8.14. The molecule has 0 saturated carbocycles. The fourth-order valence-corrected chi connectivity index (χ4v) is 5.23. The Morgan fingerprint density at radius 1 is 1.28 bits per heavy atom. The molecule has 0 radical (unpaired) electrons. The molecule has 1 saturated heterocycles. The third-order valence-electron chi connectivity index (χ3n) is 5.75. The monoisotopic (exact) mass is 437 g/mol. The van der Waals surface area contributed by atoms with E-state index in [2.05, 4.69) is 15.5 Å². The van der Waals surface area contributed by atoms with Gasteiger partial charge in [-0.2, -0.15) is 0 Å². The molecule has 156 valence electrons. The van der Waals surface area contributed by atoms with Crippen molar-refractivity contribution in [3.8, 4) is 0 Å². The van der Waals surface area contributed by atoms with Crippen molar-refractivity contribution in [3.05, 3.63) is 46.5 Å². The second-order valence-electron chi connectivity index (χ2n) is 7.64. The first-order valence-electron chi connectivity index (χ1n) is 9.74. The molecule has 10 heteroatoms. The SMILES string of the molecule is C[S+](=O)([O-])N1CCC(c2nnc3n2C(C(=O)NCc2ccccc2Cl)CC3)CC1. The van der Waals surface area contributed by atoms with Gasteiger partial charge in [0.2, 0.25) is 5.91 Å². The number of hydrogen-bond donors (Lipinski definition) is 1. The minimum absolute atomic E-state index is 0.0710. The number of rotatable bonds is 5. The lowest BCUT2D eigenvalue weighted by Crippen LogP contribution is -2.41. The molecule has 3 heterocycles. The van der Waals surface area contributed by atoms with Gasteiger partial charge in [-0.3, -0.25) is 4.79 Å². The van der Waals surface area contributed by atoms with Crippen LogP contribution in [0.15, 0.2) is 24.3 Å². The molecule has 1 amide bonds. The minimum atomic E-state index is -3.18. The van der Waals surface area contributed by atoms with E-state index >= 15 is 0 Å². The summed E-state index contributed by atoms with van der Waals surface area (Å²) in [7, 11) is -3.18. The maximum Gasteiger partial charge on any atom is 0.243 e. The molecule has 2 unspecified atom stereocenters. The number of aryl methyl sites for hydroxylation is 1. The van der Waals surface area contributed by atoms with Crippen LogP contribution in [0.25, 0.3) is 0 Å². The predicted octanol–water partition coefficient (Wildman–Crippen LogP) is 2.09. The van der Waals surface area contributed by atoms with E-state index in [-0.39, 0.29) is 17.9 Å². The van der Waals surface area contributed by atoms with E-state index in [1.54, 1.807) is 6.07 Å². The standard InChI is InChI=1S/C19H24ClN5O3S/c1-29(27,28)24-10-8-13(9-11-24)18-23-22-17-7-6-16(25(17)18)19(26)21-12-14-4-2-3-5-15(14)20/h2-5,13,16H,6-12H2,1H3,(H-,21,26,27,28). The minimum Gasteiger partial charge on any atom is -0.598 e. The lowest BCUT2D eigenvalue weighted by atomic mass is 9.97. The molecule has 2 aliphatic heterocycles. The topological polar surface area (TPSA) is 103 Å². The van der Waals surface area contributed by atoms with Crippen LogP contribution in [0, 0.1) is 0 Å². The first-order valence-corrected chi connectivity index (χ1v) is 12.0. The quantitative estimate of drug-likeness (QED) is 0.721. The van der Waals surface area contributed by atoms with Gasteiger partial charge in [0.05, 0.1) is 0 Å². The van der Waals surface area contributed by atoms with Crippen LogP contribution in [0.4, 0.5) is 0 Å². The van der Waals surface area contributed by atoms with Gasteiger partial charge < -0.3 is 14.4 Å². The first-order chi connectivity index (χ1) is 13.8. The Morgan fingerprint density at radius 3 is 2.69 bits per heavy atom. The zero-order valence-electron chi connectivity index (χ0n) is 16.2. The van der Waals surface area contributed by atoms with Crippen molar-refractivity contribution >= 4 is 27.9 Å². The molecule has 1 N–H and O–H groups in total. The second-order valence-corrected chi connectivity index (χ2v) is 10.0. The molecular formula is C19H24ClN5O3S. The summed E-state index contributed by atoms with van der Waals surface area (Å²) >= 11 is 6.18. The number of nitrogens with zero attached hydrogens (tertiary/aromatic N) is 4. The Hall–Kier alpha value is -1.81. The summed E-state index contributed by atoms with van der Waals surface area (Å²) in [6.45, 7) is 1.30. The summed E-state index contributed by atoms with van der Waals surface area (Å²) in [4.78, 5) is 12.9. The van der Waals surface area contributed by atoms with E-state index in [0.29, 0.717) is 50.3 Å². The molecule has 2 aromatic rings. The summed E-state index contributed by atoms with van der Waals surface area (Å²) in [5, 5.41) is 12.3. The highest BCUT2D eigenvalue weighted by Gasteiger charge is 2.37. The summed E-state index contributed by atoms with van der Waals surface area (Å²) in [6.07, 6.45) is 3.99. The highest BCUT2D eigenvalue weighted by atomic mass is 35.5. The van der Waals surface area contributed by atoms with Gasteiger partial charge in [0.15, 0.2) is 0 Å². The number of hydrogen-bond acceptors (Lipinski definition) is 5. The average molecular weight is 438 g/mol. The Kier molecular flexibility index (Phi) is 5.74. The summed E-state index contributed by atoms with van der Waals surface area (Å²) in [5.74, 6) is 1.65. The fourth-order valence-electron chi connectivity index (χ4n) is 4.16. The Balaban J connectivity index is 1.45. The normalized spacial score (nSPS) is 22.2. The van der Waals surface area contributed by atoms with Crippen molar-refractivity contribution in [1.82, 2.24) is 24.4 Å². The largest absolute Gasteiger partial charge is 0.598 e. The lowest BCUT2D eigenvalue weighted by molar-refractivity contribution is -0.124. The molecule has 0 spiro atoms. The number of sulfonamides is 1. The molecule has 0 aliphatic carbocycles. The average Bonchev–Trinajstić information content (AvgIpc) is 3.29. The van der Waals surface area contributed by atoms with Crippen LogP contribution >= 0.6 is 11.6 Å². The van der Waals surface area contributed by atoms with Gasteiger partial charge in [-0.05, 0) is 30.9 Å². The Labute approximate surface area is 176 Å². The molecular weight excluding hydrogens is 414 g/mol. The number of benzene rings is 1. The summed E-state index contributed by atoms with van der Waals surface area (Å²) in [6, 6.07) is 7.10. The van der Waals surface area contributed by atoms with Crippen molar-refractivity contribution in [1.29, 1.82) is 0 Å². The van der Waals surface area contributed by atoms with E-state index in [1.807, 2.05) is 22.8 Å². The molecule has 29 heavy (non-hydrogen) atoms. The smallest absolute Gasteiger partial charge is 0.243 e. The molecule has 1 fully saturated rings. The van der Waals surface area contributed by atoms with Crippen molar-refractivity contribution in [2.75, 3.05) is 19.3 Å². The number of piperidine rings is 1. The van der Waals surface area contributed by atoms with Crippen LogP contribution in [-0.4, -0.2) is 48.9 Å². The number of carbonyl (C=O) groups excluding carboxylic acids is 1. The van der Waals surface area contributed by atoms with Gasteiger partial charge >= 0.3 is 0 Å².